The average Bonchev–Trinajstić information content (AvgIpc) is 2.68. The summed E-state index contributed by atoms with van der Waals surface area (Å²) in [4.78, 5) is 24.3. The van der Waals surface area contributed by atoms with Crippen LogP contribution in [0.4, 0.5) is 18.9 Å². The number of benzene rings is 2. The number of anilines is 1. The fourth-order valence-electron chi connectivity index (χ4n) is 2.43. The van der Waals surface area contributed by atoms with Gasteiger partial charge >= 0.3 is 12.1 Å². The van der Waals surface area contributed by atoms with Crippen LogP contribution >= 0.6 is 0 Å². The lowest BCUT2D eigenvalue weighted by molar-refractivity contribution is -0.137. The molecule has 1 N–H and O–H groups in total. The number of alkyl halides is 3. The fraction of sp³-hybridized carbons (Fsp3) is 0.333. The standard InChI is InChI=1S/C21H22F3NO5/c1-13-4-5-15(10-14(13)2)20(27)30-12-19(26)25-17-11-16(21(22,23)24)6-7-18(17)29-9-8-28-3/h4-7,10-11H,8-9,12H2,1-3H3,(H,25,26). The van der Waals surface area contributed by atoms with Crippen LogP contribution in [0.2, 0.25) is 0 Å². The van der Waals surface area contributed by atoms with Crippen LogP contribution < -0.4 is 10.1 Å². The van der Waals surface area contributed by atoms with Gasteiger partial charge in [0.2, 0.25) is 0 Å². The largest absolute Gasteiger partial charge is 0.489 e. The summed E-state index contributed by atoms with van der Waals surface area (Å²) in [5.41, 5.74) is 1.01. The molecule has 9 heteroatoms. The molecule has 0 bridgehead atoms. The highest BCUT2D eigenvalue weighted by Gasteiger charge is 2.31. The Morgan fingerprint density at radius 3 is 2.37 bits per heavy atom. The van der Waals surface area contributed by atoms with E-state index in [0.717, 1.165) is 29.3 Å². The van der Waals surface area contributed by atoms with E-state index >= 15 is 0 Å². The molecule has 2 rings (SSSR count). The summed E-state index contributed by atoms with van der Waals surface area (Å²) in [7, 11) is 1.45. The highest BCUT2D eigenvalue weighted by Crippen LogP contribution is 2.35. The van der Waals surface area contributed by atoms with Gasteiger partial charge in [0.05, 0.1) is 23.4 Å². The van der Waals surface area contributed by atoms with Gasteiger partial charge in [-0.3, -0.25) is 4.79 Å². The van der Waals surface area contributed by atoms with E-state index in [1.165, 1.54) is 7.11 Å². The average molecular weight is 425 g/mol. The van der Waals surface area contributed by atoms with Crippen molar-refractivity contribution in [3.8, 4) is 5.75 Å². The monoisotopic (exact) mass is 425 g/mol. The summed E-state index contributed by atoms with van der Waals surface area (Å²) in [6.07, 6.45) is -4.60. The van der Waals surface area contributed by atoms with Gasteiger partial charge in [0.1, 0.15) is 12.4 Å². The molecule has 0 aliphatic carbocycles. The number of ether oxygens (including phenoxy) is 3. The van der Waals surface area contributed by atoms with Crippen molar-refractivity contribution < 1.29 is 37.0 Å². The maximum atomic E-state index is 13.0. The number of halogens is 3. The van der Waals surface area contributed by atoms with Crippen LogP contribution in [0.1, 0.15) is 27.0 Å². The molecule has 0 heterocycles. The van der Waals surface area contributed by atoms with Gasteiger partial charge in [-0.2, -0.15) is 13.2 Å². The Morgan fingerprint density at radius 2 is 1.73 bits per heavy atom. The Bertz CT molecular complexity index is 912. The molecule has 2 aromatic carbocycles. The third-order valence-corrected chi connectivity index (χ3v) is 4.20. The smallest absolute Gasteiger partial charge is 0.416 e. The van der Waals surface area contributed by atoms with E-state index in [4.69, 9.17) is 14.2 Å². The number of rotatable bonds is 8. The number of aryl methyl sites for hydroxylation is 2. The lowest BCUT2D eigenvalue weighted by Crippen LogP contribution is -2.22. The van der Waals surface area contributed by atoms with E-state index in [1.54, 1.807) is 18.2 Å². The van der Waals surface area contributed by atoms with Gasteiger partial charge in [-0.25, -0.2) is 4.79 Å². The Labute approximate surface area is 171 Å². The highest BCUT2D eigenvalue weighted by molar-refractivity contribution is 5.96. The fourth-order valence-corrected chi connectivity index (χ4v) is 2.43. The van der Waals surface area contributed by atoms with E-state index in [0.29, 0.717) is 0 Å². The molecule has 0 saturated heterocycles. The molecule has 30 heavy (non-hydrogen) atoms. The second-order valence-corrected chi connectivity index (χ2v) is 6.47. The van der Waals surface area contributed by atoms with Crippen LogP contribution in [-0.4, -0.2) is 38.8 Å². The Balaban J connectivity index is 2.07. The van der Waals surface area contributed by atoms with Gasteiger partial charge in [-0.05, 0) is 55.3 Å². The van der Waals surface area contributed by atoms with E-state index in [9.17, 15) is 22.8 Å². The minimum absolute atomic E-state index is 0.0360. The molecule has 6 nitrogen and oxygen atoms in total. The molecule has 0 aromatic heterocycles. The van der Waals surface area contributed by atoms with Crippen molar-refractivity contribution in [3.63, 3.8) is 0 Å². The predicted molar refractivity (Wildman–Crippen MR) is 104 cm³/mol. The molecule has 0 spiro atoms. The second kappa shape index (κ2) is 10.1. The third kappa shape index (κ3) is 6.48. The van der Waals surface area contributed by atoms with Gasteiger partial charge in [0, 0.05) is 7.11 Å². The van der Waals surface area contributed by atoms with Crippen LogP contribution in [0.25, 0.3) is 0 Å². The number of carbonyl (C=O) groups is 2. The van der Waals surface area contributed by atoms with Crippen LogP contribution in [0.15, 0.2) is 36.4 Å². The van der Waals surface area contributed by atoms with Crippen molar-refractivity contribution in [2.75, 3.05) is 32.2 Å². The first-order valence-electron chi connectivity index (χ1n) is 8.99. The van der Waals surface area contributed by atoms with Crippen molar-refractivity contribution in [2.24, 2.45) is 0 Å². The number of carbonyl (C=O) groups excluding carboxylic acids is 2. The third-order valence-electron chi connectivity index (χ3n) is 4.20. The molecule has 0 fully saturated rings. The number of hydrogen-bond donors (Lipinski definition) is 1. The molecule has 0 radical (unpaired) electrons. The van der Waals surface area contributed by atoms with E-state index < -0.39 is 30.2 Å². The lowest BCUT2D eigenvalue weighted by atomic mass is 10.1. The van der Waals surface area contributed by atoms with Crippen LogP contribution in [0, 0.1) is 13.8 Å². The minimum atomic E-state index is -4.60. The zero-order valence-corrected chi connectivity index (χ0v) is 16.8. The first-order valence-corrected chi connectivity index (χ1v) is 8.99. The number of methoxy groups -OCH3 is 1. The van der Waals surface area contributed by atoms with Gasteiger partial charge in [0.15, 0.2) is 6.61 Å². The first kappa shape index (κ1) is 23.2. The second-order valence-electron chi connectivity index (χ2n) is 6.47. The Kier molecular flexibility index (Phi) is 7.82. The topological polar surface area (TPSA) is 73.9 Å². The predicted octanol–water partition coefficient (Wildman–Crippen LogP) is 4.14. The van der Waals surface area contributed by atoms with Gasteiger partial charge in [-0.15, -0.1) is 0 Å². The summed E-state index contributed by atoms with van der Waals surface area (Å²) in [6.45, 7) is 3.34. The van der Waals surface area contributed by atoms with E-state index in [-0.39, 0.29) is 30.2 Å². The molecule has 0 aliphatic rings. The lowest BCUT2D eigenvalue weighted by Gasteiger charge is -2.15. The van der Waals surface area contributed by atoms with Gasteiger partial charge < -0.3 is 19.5 Å². The number of nitrogens with one attached hydrogen (secondary N) is 1. The summed E-state index contributed by atoms with van der Waals surface area (Å²) in [5.74, 6) is -1.48. The maximum absolute atomic E-state index is 13.0. The summed E-state index contributed by atoms with van der Waals surface area (Å²) in [6, 6.07) is 7.65. The van der Waals surface area contributed by atoms with Crippen LogP contribution in [-0.2, 0) is 20.4 Å². The quantitative estimate of drug-likeness (QED) is 0.508. The van der Waals surface area contributed by atoms with E-state index in [1.807, 2.05) is 13.8 Å². The zero-order valence-electron chi connectivity index (χ0n) is 16.8. The molecule has 0 aliphatic heterocycles. The van der Waals surface area contributed by atoms with Gasteiger partial charge in [0.25, 0.3) is 5.91 Å². The van der Waals surface area contributed by atoms with Gasteiger partial charge in [-0.1, -0.05) is 6.07 Å². The van der Waals surface area contributed by atoms with Crippen molar-refractivity contribution in [1.29, 1.82) is 0 Å². The number of hydrogen-bond acceptors (Lipinski definition) is 5. The van der Waals surface area contributed by atoms with Crippen LogP contribution in [0.5, 0.6) is 5.75 Å². The SMILES string of the molecule is COCCOc1ccc(C(F)(F)F)cc1NC(=O)COC(=O)c1ccc(C)c(C)c1. The highest BCUT2D eigenvalue weighted by atomic mass is 19.4. The molecule has 0 atom stereocenters. The summed E-state index contributed by atoms with van der Waals surface area (Å²) < 4.78 is 54.2. The molecular weight excluding hydrogens is 403 g/mol. The van der Waals surface area contributed by atoms with E-state index in [2.05, 4.69) is 5.32 Å². The minimum Gasteiger partial charge on any atom is -0.489 e. The van der Waals surface area contributed by atoms with Crippen LogP contribution in [0.3, 0.4) is 0 Å². The maximum Gasteiger partial charge on any atom is 0.416 e. The van der Waals surface area contributed by atoms with Crippen molar-refractivity contribution >= 4 is 17.6 Å². The Morgan fingerprint density at radius 1 is 1.00 bits per heavy atom. The van der Waals surface area contributed by atoms with Crippen molar-refractivity contribution in [3.05, 3.63) is 58.7 Å². The number of amides is 1. The molecular formula is C21H22F3NO5. The zero-order chi connectivity index (χ0) is 22.3. The first-order chi connectivity index (χ1) is 14.1. The van der Waals surface area contributed by atoms with Crippen molar-refractivity contribution in [2.45, 2.75) is 20.0 Å². The van der Waals surface area contributed by atoms with Crippen molar-refractivity contribution in [1.82, 2.24) is 0 Å². The summed E-state index contributed by atoms with van der Waals surface area (Å²) >= 11 is 0. The molecule has 162 valence electrons. The molecule has 2 aromatic rings. The molecule has 0 unspecified atom stereocenters. The molecule has 0 saturated carbocycles. The number of esters is 1. The Hall–Kier alpha value is -3.07. The summed E-state index contributed by atoms with van der Waals surface area (Å²) in [5, 5.41) is 2.30. The normalized spacial score (nSPS) is 11.1. The molecule has 1 amide bonds.